The fraction of sp³-hybridized carbons (Fsp3) is 0.562. The molecule has 0 aromatic heterocycles. The highest BCUT2D eigenvalue weighted by atomic mass is 32.1. The van der Waals surface area contributed by atoms with E-state index in [9.17, 15) is 4.79 Å². The molecule has 20 heavy (non-hydrogen) atoms. The van der Waals surface area contributed by atoms with Gasteiger partial charge in [0.2, 0.25) is 0 Å². The van der Waals surface area contributed by atoms with Gasteiger partial charge < -0.3 is 0 Å². The lowest BCUT2D eigenvalue weighted by Crippen LogP contribution is -2.48. The fourth-order valence-corrected chi connectivity index (χ4v) is 2.97. The maximum atomic E-state index is 11.6. The topological polar surface area (TPSA) is 41.1 Å². The van der Waals surface area contributed by atoms with Gasteiger partial charge in [-0.15, -0.1) is 0 Å². The molecule has 0 bridgehead atoms. The first-order chi connectivity index (χ1) is 9.61. The van der Waals surface area contributed by atoms with E-state index < -0.39 is 0 Å². The molecule has 0 spiro atoms. The Morgan fingerprint density at radius 1 is 1.55 bits per heavy atom. The average Bonchev–Trinajstić information content (AvgIpc) is 2.37. The van der Waals surface area contributed by atoms with Crippen molar-refractivity contribution >= 4 is 18.4 Å². The number of nitrogens with one attached hydrogen (secondary N) is 2. The van der Waals surface area contributed by atoms with Crippen LogP contribution in [0.4, 0.5) is 0 Å². The van der Waals surface area contributed by atoms with Crippen molar-refractivity contribution in [1.82, 2.24) is 10.9 Å². The minimum absolute atomic E-state index is 0.166. The molecule has 2 aliphatic carbocycles. The summed E-state index contributed by atoms with van der Waals surface area (Å²) in [6.45, 7) is 6.61. The normalized spacial score (nSPS) is 26.1. The van der Waals surface area contributed by atoms with Gasteiger partial charge in [-0.1, -0.05) is 23.8 Å². The highest BCUT2D eigenvalue weighted by Crippen LogP contribution is 2.31. The van der Waals surface area contributed by atoms with Crippen molar-refractivity contribution in [3.8, 4) is 0 Å². The van der Waals surface area contributed by atoms with Gasteiger partial charge in [0, 0.05) is 6.54 Å². The minimum atomic E-state index is -0.166. The van der Waals surface area contributed by atoms with Crippen LogP contribution in [0.15, 0.2) is 34.8 Å². The highest BCUT2D eigenvalue weighted by Gasteiger charge is 2.24. The molecular weight excluding hydrogens is 268 g/mol. The van der Waals surface area contributed by atoms with Crippen LogP contribution in [0.3, 0.4) is 0 Å². The lowest BCUT2D eigenvalue weighted by atomic mass is 9.83. The summed E-state index contributed by atoms with van der Waals surface area (Å²) in [5.74, 6) is 0.597. The number of hydrogen-bond donors (Lipinski definition) is 3. The maximum absolute atomic E-state index is 11.6. The molecule has 0 heterocycles. The molecule has 1 fully saturated rings. The Bertz CT molecular complexity index is 453. The average molecular weight is 292 g/mol. The van der Waals surface area contributed by atoms with Gasteiger partial charge >= 0.3 is 0 Å². The van der Waals surface area contributed by atoms with Gasteiger partial charge in [-0.3, -0.25) is 10.2 Å². The van der Waals surface area contributed by atoms with Crippen LogP contribution in [0.1, 0.15) is 39.0 Å². The molecule has 2 N–H and O–H groups in total. The molecule has 2 rings (SSSR count). The standard InChI is InChI=1S/C16H24N2OS/c1-11-6-7-13(10-20)8-15(11)9-17-18-16(12(2)19)14-4-3-5-14/h4,10,15-18,20H,1,3,5-9H2,2H3/b13-10+. The van der Waals surface area contributed by atoms with E-state index in [4.69, 9.17) is 0 Å². The van der Waals surface area contributed by atoms with Crippen molar-refractivity contribution in [1.29, 1.82) is 0 Å². The molecule has 110 valence electrons. The first-order valence-corrected chi connectivity index (χ1v) is 7.81. The number of carbonyl (C=O) groups is 1. The summed E-state index contributed by atoms with van der Waals surface area (Å²) < 4.78 is 0. The minimum Gasteiger partial charge on any atom is -0.298 e. The molecule has 0 amide bonds. The number of Topliss-reactive ketones (excluding diaryl/α,β-unsaturated/α-hetero) is 1. The van der Waals surface area contributed by atoms with E-state index in [1.165, 1.54) is 16.7 Å². The molecule has 3 nitrogen and oxygen atoms in total. The largest absolute Gasteiger partial charge is 0.298 e. The summed E-state index contributed by atoms with van der Waals surface area (Å²) in [4.78, 5) is 11.6. The van der Waals surface area contributed by atoms with Crippen LogP contribution in [0, 0.1) is 5.92 Å². The number of ketones is 1. The third-order valence-corrected chi connectivity index (χ3v) is 4.61. The number of carbonyl (C=O) groups excluding carboxylic acids is 1. The summed E-state index contributed by atoms with van der Waals surface area (Å²) in [7, 11) is 0. The first-order valence-electron chi connectivity index (χ1n) is 7.29. The summed E-state index contributed by atoms with van der Waals surface area (Å²) in [5, 5.41) is 1.92. The third-order valence-electron chi connectivity index (χ3n) is 4.25. The van der Waals surface area contributed by atoms with Crippen LogP contribution in [0.2, 0.25) is 0 Å². The van der Waals surface area contributed by atoms with E-state index in [0.29, 0.717) is 5.92 Å². The van der Waals surface area contributed by atoms with E-state index in [1.54, 1.807) is 6.92 Å². The number of hydrogen-bond acceptors (Lipinski definition) is 4. The smallest absolute Gasteiger partial charge is 0.152 e. The van der Waals surface area contributed by atoms with Crippen LogP contribution in [0.5, 0.6) is 0 Å². The number of thiol groups is 1. The second kappa shape index (κ2) is 7.25. The molecule has 2 unspecified atom stereocenters. The predicted octanol–water partition coefficient (Wildman–Crippen LogP) is 2.93. The first kappa shape index (κ1) is 15.5. The van der Waals surface area contributed by atoms with Gasteiger partial charge in [0.25, 0.3) is 0 Å². The quantitative estimate of drug-likeness (QED) is 0.400. The second-order valence-electron chi connectivity index (χ2n) is 5.73. The van der Waals surface area contributed by atoms with Crippen LogP contribution >= 0.6 is 12.6 Å². The van der Waals surface area contributed by atoms with Crippen molar-refractivity contribution < 1.29 is 4.79 Å². The van der Waals surface area contributed by atoms with Crippen molar-refractivity contribution in [2.45, 2.75) is 45.1 Å². The Labute approximate surface area is 127 Å². The van der Waals surface area contributed by atoms with E-state index in [1.807, 2.05) is 5.41 Å². The molecule has 0 aromatic carbocycles. The van der Waals surface area contributed by atoms with Gasteiger partial charge in [-0.2, -0.15) is 12.6 Å². The summed E-state index contributed by atoms with van der Waals surface area (Å²) in [5.41, 5.74) is 10.3. The number of allylic oxidation sites excluding steroid dienone is 2. The van der Waals surface area contributed by atoms with Crippen LogP contribution in [-0.2, 0) is 4.79 Å². The Morgan fingerprint density at radius 2 is 2.30 bits per heavy atom. The Balaban J connectivity index is 1.82. The van der Waals surface area contributed by atoms with Gasteiger partial charge in [0.05, 0.1) is 0 Å². The summed E-state index contributed by atoms with van der Waals surface area (Å²) in [6.07, 6.45) is 7.40. The SMILES string of the molecule is C=C1CC/C(=C\S)CC1CNNC(C(C)=O)C1=CCC1. The molecule has 0 aromatic rings. The maximum Gasteiger partial charge on any atom is 0.152 e. The fourth-order valence-electron chi connectivity index (χ4n) is 2.73. The molecule has 2 atom stereocenters. The van der Waals surface area contributed by atoms with Gasteiger partial charge in [0.15, 0.2) is 5.78 Å². The highest BCUT2D eigenvalue weighted by molar-refractivity contribution is 7.83. The molecule has 0 aliphatic heterocycles. The van der Waals surface area contributed by atoms with Gasteiger partial charge in [-0.25, -0.2) is 5.43 Å². The van der Waals surface area contributed by atoms with E-state index in [0.717, 1.165) is 38.6 Å². The molecular formula is C16H24N2OS. The lowest BCUT2D eigenvalue weighted by Gasteiger charge is -2.29. The zero-order chi connectivity index (χ0) is 14.5. The zero-order valence-corrected chi connectivity index (χ0v) is 13.0. The van der Waals surface area contributed by atoms with E-state index in [-0.39, 0.29) is 11.8 Å². The van der Waals surface area contributed by atoms with E-state index >= 15 is 0 Å². The third kappa shape index (κ3) is 3.84. The molecule has 0 saturated heterocycles. The lowest BCUT2D eigenvalue weighted by molar-refractivity contribution is -0.118. The monoisotopic (exact) mass is 292 g/mol. The number of rotatable bonds is 6. The van der Waals surface area contributed by atoms with Gasteiger partial charge in [-0.05, 0) is 55.9 Å². The Kier molecular flexibility index (Phi) is 5.64. The Morgan fingerprint density at radius 3 is 2.85 bits per heavy atom. The van der Waals surface area contributed by atoms with Crippen LogP contribution in [-0.4, -0.2) is 18.4 Å². The molecule has 1 saturated carbocycles. The molecule has 0 radical (unpaired) electrons. The van der Waals surface area contributed by atoms with Crippen molar-refractivity contribution in [2.24, 2.45) is 5.92 Å². The number of hydrazine groups is 1. The van der Waals surface area contributed by atoms with Crippen LogP contribution < -0.4 is 10.9 Å². The molecule has 2 aliphatic rings. The van der Waals surface area contributed by atoms with Crippen molar-refractivity contribution in [3.63, 3.8) is 0 Å². The van der Waals surface area contributed by atoms with E-state index in [2.05, 4.69) is 36.1 Å². The summed E-state index contributed by atoms with van der Waals surface area (Å²) in [6, 6.07) is -0.166. The van der Waals surface area contributed by atoms with Gasteiger partial charge in [0.1, 0.15) is 6.04 Å². The zero-order valence-electron chi connectivity index (χ0n) is 12.1. The van der Waals surface area contributed by atoms with Crippen molar-refractivity contribution in [3.05, 3.63) is 34.8 Å². The summed E-state index contributed by atoms with van der Waals surface area (Å²) >= 11 is 4.25. The Hall–Kier alpha value is -0.840. The predicted molar refractivity (Wildman–Crippen MR) is 86.5 cm³/mol. The second-order valence-corrected chi connectivity index (χ2v) is 5.99. The van der Waals surface area contributed by atoms with Crippen LogP contribution in [0.25, 0.3) is 0 Å². The molecule has 4 heteroatoms. The van der Waals surface area contributed by atoms with Crippen molar-refractivity contribution in [2.75, 3.05) is 6.54 Å².